The van der Waals surface area contributed by atoms with Gasteiger partial charge in [0, 0.05) is 13.2 Å². The summed E-state index contributed by atoms with van der Waals surface area (Å²) >= 11 is 0. The molecule has 0 radical (unpaired) electrons. The summed E-state index contributed by atoms with van der Waals surface area (Å²) in [5.74, 6) is -0.148. The predicted molar refractivity (Wildman–Crippen MR) is 40.7 cm³/mol. The Morgan fingerprint density at radius 3 is 2.36 bits per heavy atom. The molecule has 1 atom stereocenters. The maximum absolute atomic E-state index is 11.3. The summed E-state index contributed by atoms with van der Waals surface area (Å²) in [5.41, 5.74) is -0.102. The quantitative estimate of drug-likeness (QED) is 0.408. The van der Waals surface area contributed by atoms with E-state index in [9.17, 15) is 9.59 Å². The number of aldehydes is 1. The van der Waals surface area contributed by atoms with Crippen molar-refractivity contribution in [2.75, 3.05) is 7.05 Å². The van der Waals surface area contributed by atoms with E-state index in [1.807, 2.05) is 0 Å². The van der Waals surface area contributed by atoms with Gasteiger partial charge in [-0.2, -0.15) is 0 Å². The average Bonchev–Trinajstić information content (AvgIpc) is 2.16. The highest BCUT2D eigenvalue weighted by atomic mass is 16.2. The first-order chi connectivity index (χ1) is 5.02. The van der Waals surface area contributed by atoms with E-state index in [1.54, 1.807) is 27.1 Å². The summed E-state index contributed by atoms with van der Waals surface area (Å²) in [6.07, 6.45) is 2.39. The van der Waals surface area contributed by atoms with Crippen LogP contribution in [0.25, 0.3) is 0 Å². The number of nitrogens with zero attached hydrogens (tertiary/aromatic N) is 1. The molecule has 1 amide bonds. The lowest BCUT2D eigenvalue weighted by Gasteiger charge is -2.16. The topological polar surface area (TPSA) is 37.4 Å². The molecule has 0 aromatic heterocycles. The first-order valence-electron chi connectivity index (χ1n) is 3.45. The Balaban J connectivity index is 3.09. The van der Waals surface area contributed by atoms with Gasteiger partial charge in [-0.3, -0.25) is 4.79 Å². The van der Waals surface area contributed by atoms with Crippen LogP contribution in [0.4, 0.5) is 0 Å². The van der Waals surface area contributed by atoms with E-state index >= 15 is 0 Å². The molecule has 0 N–H and O–H groups in total. The van der Waals surface area contributed by atoms with Crippen LogP contribution in [-0.4, -0.2) is 24.1 Å². The highest BCUT2D eigenvalue weighted by molar-refractivity contribution is 6.02. The number of hydrogen-bond donors (Lipinski definition) is 0. The Hall–Kier alpha value is -1.12. The molecule has 0 saturated heterocycles. The molecule has 0 aromatic carbocycles. The summed E-state index contributed by atoms with van der Waals surface area (Å²) in [6, 6.07) is 0. The minimum Gasteiger partial charge on any atom is -0.321 e. The molecule has 0 aromatic rings. The molecule has 1 unspecified atom stereocenters. The number of amides is 1. The Morgan fingerprint density at radius 1 is 1.64 bits per heavy atom. The number of hydrogen-bond acceptors (Lipinski definition) is 2. The third-order valence-electron chi connectivity index (χ3n) is 2.21. The minimum absolute atomic E-state index is 0.148. The van der Waals surface area contributed by atoms with Crippen molar-refractivity contribution in [3.05, 3.63) is 11.8 Å². The molecule has 0 bridgehead atoms. The molecule has 3 heteroatoms. The van der Waals surface area contributed by atoms with Gasteiger partial charge < -0.3 is 9.69 Å². The van der Waals surface area contributed by atoms with E-state index in [0.717, 1.165) is 5.57 Å². The van der Waals surface area contributed by atoms with E-state index in [-0.39, 0.29) is 5.91 Å². The fraction of sp³-hybridized carbons (Fsp3) is 0.500. The average molecular weight is 153 g/mol. The number of carbonyl (C=O) groups is 2. The van der Waals surface area contributed by atoms with Crippen molar-refractivity contribution in [1.82, 2.24) is 4.90 Å². The Labute approximate surface area is 65.7 Å². The fourth-order valence-electron chi connectivity index (χ4n) is 1.16. The van der Waals surface area contributed by atoms with Crippen LogP contribution in [0.15, 0.2) is 11.8 Å². The van der Waals surface area contributed by atoms with Gasteiger partial charge in [-0.15, -0.1) is 0 Å². The Kier molecular flexibility index (Phi) is 1.59. The molecular weight excluding hydrogens is 142 g/mol. The van der Waals surface area contributed by atoms with Crippen LogP contribution in [0.3, 0.4) is 0 Å². The molecule has 60 valence electrons. The summed E-state index contributed by atoms with van der Waals surface area (Å²) in [6.45, 7) is 3.42. The van der Waals surface area contributed by atoms with Gasteiger partial charge in [-0.1, -0.05) is 0 Å². The van der Waals surface area contributed by atoms with Crippen LogP contribution in [0.1, 0.15) is 13.8 Å². The van der Waals surface area contributed by atoms with Crippen molar-refractivity contribution in [2.24, 2.45) is 5.41 Å². The molecule has 11 heavy (non-hydrogen) atoms. The van der Waals surface area contributed by atoms with Crippen molar-refractivity contribution in [2.45, 2.75) is 13.8 Å². The summed E-state index contributed by atoms with van der Waals surface area (Å²) in [5, 5.41) is 0. The van der Waals surface area contributed by atoms with Crippen LogP contribution >= 0.6 is 0 Å². The molecule has 1 aliphatic rings. The second-order valence-corrected chi connectivity index (χ2v) is 3.05. The molecule has 0 aliphatic carbocycles. The maximum atomic E-state index is 11.3. The monoisotopic (exact) mass is 153 g/mol. The number of rotatable bonds is 1. The highest BCUT2D eigenvalue weighted by Gasteiger charge is 2.41. The van der Waals surface area contributed by atoms with Crippen LogP contribution in [0.2, 0.25) is 0 Å². The van der Waals surface area contributed by atoms with E-state index in [4.69, 9.17) is 0 Å². The van der Waals surface area contributed by atoms with Crippen LogP contribution in [-0.2, 0) is 9.59 Å². The zero-order valence-electron chi connectivity index (χ0n) is 6.92. The standard InChI is InChI=1S/C8H11NO2/c1-6-4-9(3)7(11)8(6,2)5-10/h4-5H,1-3H3. The Bertz CT molecular complexity index is 244. The molecule has 0 spiro atoms. The fourth-order valence-corrected chi connectivity index (χ4v) is 1.16. The van der Waals surface area contributed by atoms with Gasteiger partial charge >= 0.3 is 0 Å². The molecule has 1 aliphatic heterocycles. The van der Waals surface area contributed by atoms with Gasteiger partial charge in [-0.05, 0) is 19.4 Å². The minimum atomic E-state index is -0.908. The largest absolute Gasteiger partial charge is 0.321 e. The summed E-state index contributed by atoms with van der Waals surface area (Å²) < 4.78 is 0. The molecule has 1 rings (SSSR count). The van der Waals surface area contributed by atoms with Gasteiger partial charge in [0.2, 0.25) is 5.91 Å². The van der Waals surface area contributed by atoms with Gasteiger partial charge in [-0.25, -0.2) is 0 Å². The Morgan fingerprint density at radius 2 is 2.18 bits per heavy atom. The van der Waals surface area contributed by atoms with E-state index in [0.29, 0.717) is 6.29 Å². The highest BCUT2D eigenvalue weighted by Crippen LogP contribution is 2.32. The smallest absolute Gasteiger partial charge is 0.243 e. The van der Waals surface area contributed by atoms with E-state index in [1.165, 1.54) is 4.90 Å². The number of carbonyl (C=O) groups excluding carboxylic acids is 2. The van der Waals surface area contributed by atoms with Crippen molar-refractivity contribution in [1.29, 1.82) is 0 Å². The lowest BCUT2D eigenvalue weighted by molar-refractivity contribution is -0.136. The zero-order valence-corrected chi connectivity index (χ0v) is 6.92. The van der Waals surface area contributed by atoms with Crippen molar-refractivity contribution >= 4 is 12.2 Å². The van der Waals surface area contributed by atoms with Gasteiger partial charge in [0.25, 0.3) is 0 Å². The molecule has 1 heterocycles. The van der Waals surface area contributed by atoms with Crippen LogP contribution < -0.4 is 0 Å². The van der Waals surface area contributed by atoms with E-state index < -0.39 is 5.41 Å². The maximum Gasteiger partial charge on any atom is 0.243 e. The predicted octanol–water partition coefficient (Wildman–Crippen LogP) is 0.567. The van der Waals surface area contributed by atoms with E-state index in [2.05, 4.69) is 0 Å². The third-order valence-corrected chi connectivity index (χ3v) is 2.21. The first-order valence-corrected chi connectivity index (χ1v) is 3.45. The van der Waals surface area contributed by atoms with Crippen LogP contribution in [0.5, 0.6) is 0 Å². The molecule has 0 fully saturated rings. The molecule has 0 saturated carbocycles. The lowest BCUT2D eigenvalue weighted by Crippen LogP contribution is -2.33. The van der Waals surface area contributed by atoms with Gasteiger partial charge in [0.15, 0.2) is 0 Å². The van der Waals surface area contributed by atoms with Crippen molar-refractivity contribution in [3.63, 3.8) is 0 Å². The van der Waals surface area contributed by atoms with Gasteiger partial charge in [0.1, 0.15) is 11.7 Å². The summed E-state index contributed by atoms with van der Waals surface area (Å²) in [7, 11) is 1.65. The summed E-state index contributed by atoms with van der Waals surface area (Å²) in [4.78, 5) is 23.4. The normalized spacial score (nSPS) is 30.6. The third kappa shape index (κ3) is 0.878. The van der Waals surface area contributed by atoms with Gasteiger partial charge in [0.05, 0.1) is 0 Å². The van der Waals surface area contributed by atoms with Crippen LogP contribution in [0, 0.1) is 5.41 Å². The van der Waals surface area contributed by atoms with Crippen molar-refractivity contribution in [3.8, 4) is 0 Å². The SMILES string of the molecule is CC1=CN(C)C(=O)C1(C)C=O. The molecular formula is C8H11NO2. The second kappa shape index (κ2) is 2.19. The zero-order chi connectivity index (χ0) is 8.65. The first kappa shape index (κ1) is 7.98. The lowest BCUT2D eigenvalue weighted by atomic mass is 9.86. The second-order valence-electron chi connectivity index (χ2n) is 3.05. The molecule has 3 nitrogen and oxygen atoms in total. The van der Waals surface area contributed by atoms with Crippen molar-refractivity contribution < 1.29 is 9.59 Å².